The van der Waals surface area contributed by atoms with Gasteiger partial charge in [0.25, 0.3) is 11.8 Å². The van der Waals surface area contributed by atoms with Crippen molar-refractivity contribution in [1.82, 2.24) is 39.5 Å². The van der Waals surface area contributed by atoms with E-state index in [0.29, 0.717) is 64.1 Å². The average molecular weight is 1160 g/mol. The summed E-state index contributed by atoms with van der Waals surface area (Å²) in [6, 6.07) is 17.4. The second-order valence-corrected chi connectivity index (χ2v) is 23.5. The third-order valence-electron chi connectivity index (χ3n) is 14.8. The Hall–Kier alpha value is -8.67. The van der Waals surface area contributed by atoms with Crippen molar-refractivity contribution in [2.75, 3.05) is 44.0 Å². The summed E-state index contributed by atoms with van der Waals surface area (Å²) in [6.45, 7) is 11.5. The lowest BCUT2D eigenvalue weighted by Crippen LogP contribution is -2.53. The number of aryl methyl sites for hydroxylation is 3. The maximum atomic E-state index is 14.0. The van der Waals surface area contributed by atoms with E-state index in [0.717, 1.165) is 22.3 Å². The van der Waals surface area contributed by atoms with Crippen molar-refractivity contribution in [2.24, 2.45) is 20.0 Å². The predicted octanol–water partition coefficient (Wildman–Crippen LogP) is 5.86. The van der Waals surface area contributed by atoms with Crippen molar-refractivity contribution < 1.29 is 56.6 Å². The summed E-state index contributed by atoms with van der Waals surface area (Å²) in [4.78, 5) is 110. The average Bonchev–Trinajstić information content (AvgIpc) is 2.86. The molecule has 6 N–H and O–H groups in total. The zero-order valence-electron chi connectivity index (χ0n) is 47.5. The van der Waals surface area contributed by atoms with Crippen LogP contribution in [0.2, 0.25) is 0 Å². The van der Waals surface area contributed by atoms with Gasteiger partial charge in [0.05, 0.1) is 52.9 Å². The largest absolute Gasteiger partial charge is 0.493 e. The number of Topliss-reactive ketones (excluding diaryl/α,β-unsaturated/α-hetero) is 2. The number of carbonyl (C=O) groups is 8. The highest BCUT2D eigenvalue weighted by Gasteiger charge is 2.44. The van der Waals surface area contributed by atoms with Crippen molar-refractivity contribution in [1.29, 1.82) is 0 Å². The lowest BCUT2D eigenvalue weighted by Gasteiger charge is -2.28. The Morgan fingerprint density at radius 3 is 2.35 bits per heavy atom. The minimum absolute atomic E-state index is 0.0401. The third-order valence-corrected chi connectivity index (χ3v) is 16.3. The van der Waals surface area contributed by atoms with E-state index in [1.807, 2.05) is 51.2 Å². The number of ether oxygens (including phenoxy) is 2. The monoisotopic (exact) mass is 1150 g/mol. The Balaban J connectivity index is 0.803. The van der Waals surface area contributed by atoms with Gasteiger partial charge >= 0.3 is 6.09 Å². The Labute approximate surface area is 481 Å². The predicted molar refractivity (Wildman–Crippen MR) is 315 cm³/mol. The van der Waals surface area contributed by atoms with Crippen LogP contribution in [0.15, 0.2) is 97.5 Å². The van der Waals surface area contributed by atoms with Gasteiger partial charge in [-0.1, -0.05) is 50.3 Å². The van der Waals surface area contributed by atoms with Crippen LogP contribution in [0.4, 0.5) is 16.3 Å². The normalized spacial score (nSPS) is 16.3. The van der Waals surface area contributed by atoms with E-state index < -0.39 is 51.1 Å². The van der Waals surface area contributed by atoms with Gasteiger partial charge in [0.1, 0.15) is 23.3 Å². The molecule has 0 spiro atoms. The lowest BCUT2D eigenvalue weighted by molar-refractivity contribution is -0.128. The number of fused-ring (bicyclic) bond motifs is 3. The molecule has 5 heterocycles. The molecule has 0 saturated carbocycles. The molecule has 6 aromatic rings. The third kappa shape index (κ3) is 14.3. The number of nitrogens with zero attached hydrogens (tertiary/aromatic N) is 5. The molecule has 2 unspecified atom stereocenters. The standard InChI is InChI=1S/C60H70N10O12S/c1-34(2)54(62-30-44(71)18-20-61-60(78)81-8)57(75)63-37(5)56(74)64-43-16-17-46-40(26-43)19-21-69(46)59(77)48-27-42(32-67(48)6)39-14-12-38(13-15-39)25-49(72)55-66-52(33-68(55)7)65-53(73)11-10-22-82-50-28-41-29-51(83(9,79)80)47-23-35(3)31-70(47)58(76)45(41)24-36(50)4/h12-17,19,21,24,26-28,32-34,37,47,51,54,62H,3,9-11,18,20,22-23,25,29-31H2,1-2,4-8H3,(H,61,78)(H,63,75)(H,64,74)(H,65,73)(H,79,80)/t37-,47-,51?,54-/m0/s1. The van der Waals surface area contributed by atoms with Gasteiger partial charge in [-0.25, -0.2) is 14.0 Å². The number of anilines is 2. The van der Waals surface area contributed by atoms with Gasteiger partial charge in [-0.2, -0.15) is 0 Å². The molecule has 22 nitrogen and oxygen atoms in total. The summed E-state index contributed by atoms with van der Waals surface area (Å²) >= 11 is 0. The van der Waals surface area contributed by atoms with Crippen molar-refractivity contribution >= 4 is 85.3 Å². The SMILES string of the molecule is C=C1C[C@H]2C(S(=C)(=O)O)Cc3cc(OCCCC(=O)Nc4cn(C)c(C(=O)Cc5ccc(-c6cc(C(=O)n7ccc8cc(NC(=O)[C@H](C)NC(=O)[C@@H](NCC(=O)CCNC(=O)OC)C(C)C)ccc87)n(C)c6)cc5)n4)c(C)cc3C(=O)N2C1. The van der Waals surface area contributed by atoms with Crippen LogP contribution in [0.1, 0.15) is 94.6 Å². The molecule has 8 rings (SSSR count). The second kappa shape index (κ2) is 25.6. The molecule has 2 aliphatic heterocycles. The highest BCUT2D eigenvalue weighted by atomic mass is 32.2. The van der Waals surface area contributed by atoms with Crippen molar-refractivity contribution in [3.05, 3.63) is 131 Å². The van der Waals surface area contributed by atoms with Gasteiger partial charge in [-0.15, -0.1) is 0 Å². The summed E-state index contributed by atoms with van der Waals surface area (Å²) in [7, 11) is 1.17. The summed E-state index contributed by atoms with van der Waals surface area (Å²) in [5, 5.41) is 13.6. The number of aromatic nitrogens is 4. The number of alkyl carbamates (subject to hydrolysis) is 1. The smallest absolute Gasteiger partial charge is 0.406 e. The number of benzene rings is 3. The maximum Gasteiger partial charge on any atom is 0.406 e. The van der Waals surface area contributed by atoms with Gasteiger partial charge in [-0.3, -0.25) is 43.4 Å². The molecule has 3 aromatic carbocycles. The quantitative estimate of drug-likeness (QED) is 0.0190. The van der Waals surface area contributed by atoms with Crippen LogP contribution in [0.5, 0.6) is 5.75 Å². The number of nitrogens with one attached hydrogen (secondary N) is 5. The molecule has 83 heavy (non-hydrogen) atoms. The fraction of sp³-hybridized carbons (Fsp3) is 0.367. The van der Waals surface area contributed by atoms with Gasteiger partial charge in [0, 0.05) is 87.2 Å². The van der Waals surface area contributed by atoms with Crippen LogP contribution < -0.4 is 31.3 Å². The molecule has 1 fully saturated rings. The van der Waals surface area contributed by atoms with E-state index in [1.54, 1.807) is 89.9 Å². The van der Waals surface area contributed by atoms with E-state index in [4.69, 9.17) is 4.74 Å². The van der Waals surface area contributed by atoms with Crippen LogP contribution in [-0.2, 0) is 60.7 Å². The van der Waals surface area contributed by atoms with E-state index in [1.165, 1.54) is 11.7 Å². The highest BCUT2D eigenvalue weighted by molar-refractivity contribution is 7.95. The first kappa shape index (κ1) is 60.4. The fourth-order valence-corrected chi connectivity index (χ4v) is 11.6. The molecule has 1 saturated heterocycles. The van der Waals surface area contributed by atoms with E-state index in [2.05, 4.69) is 48.8 Å². The van der Waals surface area contributed by atoms with Crippen molar-refractivity contribution in [3.8, 4) is 16.9 Å². The molecule has 3 aromatic heterocycles. The molecule has 5 atom stereocenters. The Bertz CT molecular complexity index is 3650. The minimum Gasteiger partial charge on any atom is -0.493 e. The maximum absolute atomic E-state index is 14.0. The molecular formula is C60H70N10O12S. The molecule has 0 radical (unpaired) electrons. The highest BCUT2D eigenvalue weighted by Crippen LogP contribution is 2.37. The Kier molecular flexibility index (Phi) is 18.7. The topological polar surface area (TPSA) is 283 Å². The van der Waals surface area contributed by atoms with Crippen molar-refractivity contribution in [3.63, 3.8) is 0 Å². The molecule has 0 bridgehead atoms. The first-order valence-electron chi connectivity index (χ1n) is 27.2. The Morgan fingerprint density at radius 2 is 1.64 bits per heavy atom. The second-order valence-electron chi connectivity index (χ2n) is 21.5. The summed E-state index contributed by atoms with van der Waals surface area (Å²) in [5.74, 6) is 1.99. The van der Waals surface area contributed by atoms with Crippen LogP contribution in [-0.4, -0.2) is 142 Å². The number of hydrogen-bond acceptors (Lipinski definition) is 13. The number of carbonyl (C=O) groups excluding carboxylic acids is 8. The number of methoxy groups -OCH3 is 1. The minimum atomic E-state index is -3.50. The van der Waals surface area contributed by atoms with Crippen molar-refractivity contribution in [2.45, 2.75) is 89.6 Å². The number of hydrogen-bond donors (Lipinski definition) is 6. The number of rotatable bonds is 23. The van der Waals surface area contributed by atoms with Gasteiger partial charge in [0.2, 0.25) is 23.5 Å². The Morgan fingerprint density at radius 1 is 0.892 bits per heavy atom. The zero-order valence-corrected chi connectivity index (χ0v) is 48.4. The summed E-state index contributed by atoms with van der Waals surface area (Å²) in [6.07, 6.45) is 5.56. The number of amides is 5. The van der Waals surface area contributed by atoms with Gasteiger partial charge < -0.3 is 49.3 Å². The first-order chi connectivity index (χ1) is 39.4. The van der Waals surface area contributed by atoms with Gasteiger partial charge in [0.15, 0.2) is 11.6 Å². The fourth-order valence-electron chi connectivity index (χ4n) is 10.4. The molecule has 23 heteroatoms. The van der Waals surface area contributed by atoms with Crippen LogP contribution in [0.3, 0.4) is 0 Å². The summed E-state index contributed by atoms with van der Waals surface area (Å²) < 4.78 is 38.9. The van der Waals surface area contributed by atoms with Crippen LogP contribution in [0.25, 0.3) is 22.0 Å². The molecule has 2 aliphatic rings. The van der Waals surface area contributed by atoms with E-state index in [9.17, 15) is 47.1 Å². The molecule has 0 aliphatic carbocycles. The summed E-state index contributed by atoms with van der Waals surface area (Å²) in [5.41, 5.74) is 6.41. The number of imidazole rings is 1. The zero-order chi connectivity index (χ0) is 60.0. The van der Waals surface area contributed by atoms with Crippen LogP contribution in [0, 0.1) is 12.8 Å². The molecular weight excluding hydrogens is 1080 g/mol. The van der Waals surface area contributed by atoms with Gasteiger partial charge in [-0.05, 0) is 110 Å². The van der Waals surface area contributed by atoms with E-state index in [-0.39, 0.29) is 92.2 Å². The molecule has 438 valence electrons. The first-order valence-corrected chi connectivity index (χ1v) is 28.9. The number of ketones is 2. The van der Waals surface area contributed by atoms with E-state index >= 15 is 0 Å². The lowest BCUT2D eigenvalue weighted by atomic mass is 9.98. The molecule has 5 amide bonds. The van der Waals surface area contributed by atoms with Crippen LogP contribution >= 0.6 is 0 Å².